The Balaban J connectivity index is 1.27. The van der Waals surface area contributed by atoms with Crippen LogP contribution in [0.2, 0.25) is 0 Å². The average Bonchev–Trinajstić information content (AvgIpc) is 3.15. The molecule has 1 saturated heterocycles. The predicted octanol–water partition coefficient (Wildman–Crippen LogP) is 2.51. The van der Waals surface area contributed by atoms with E-state index < -0.39 is 0 Å². The molecule has 6 heteroatoms. The molecule has 1 aliphatic heterocycles. The molecule has 6 nitrogen and oxygen atoms in total. The van der Waals surface area contributed by atoms with Crippen molar-refractivity contribution in [3.8, 4) is 0 Å². The van der Waals surface area contributed by atoms with Crippen LogP contribution in [0.1, 0.15) is 42.5 Å². The normalized spacial score (nSPS) is 24.4. The summed E-state index contributed by atoms with van der Waals surface area (Å²) >= 11 is 0. The van der Waals surface area contributed by atoms with E-state index >= 15 is 0 Å². The Morgan fingerprint density at radius 3 is 2.70 bits per heavy atom. The van der Waals surface area contributed by atoms with Crippen molar-refractivity contribution in [2.75, 3.05) is 13.1 Å². The number of nitrogens with zero attached hydrogens (tertiary/aromatic N) is 3. The third-order valence-corrected chi connectivity index (χ3v) is 4.85. The molecule has 0 bridgehead atoms. The van der Waals surface area contributed by atoms with Gasteiger partial charge in [0.2, 0.25) is 6.39 Å². The topological polar surface area (TPSA) is 71.3 Å². The number of benzene rings is 1. The smallest absolute Gasteiger partial charge is 0.317 e. The highest BCUT2D eigenvalue weighted by Gasteiger charge is 2.40. The highest BCUT2D eigenvalue weighted by Crippen LogP contribution is 2.40. The number of piperidine rings is 1. The highest BCUT2D eigenvalue weighted by molar-refractivity contribution is 5.75. The molecule has 120 valence electrons. The molecule has 1 saturated carbocycles. The van der Waals surface area contributed by atoms with E-state index in [9.17, 15) is 4.79 Å². The zero-order valence-electron chi connectivity index (χ0n) is 12.9. The van der Waals surface area contributed by atoms with Gasteiger partial charge in [0.25, 0.3) is 0 Å². The standard InChI is InChI=1S/C17H20N4O2/c22-17(19-15-10-14(15)12-4-2-1-3-5-12)21-8-6-13(7-9-21)16-18-11-23-20-16/h1-5,11,13-15H,6-10H2,(H,19,22)/t14-,15+/m0/s1. The molecule has 2 heterocycles. The number of rotatable bonds is 3. The summed E-state index contributed by atoms with van der Waals surface area (Å²) in [6.07, 6.45) is 4.18. The Morgan fingerprint density at radius 1 is 1.22 bits per heavy atom. The molecule has 4 rings (SSSR count). The van der Waals surface area contributed by atoms with Gasteiger partial charge in [-0.3, -0.25) is 0 Å². The largest absolute Gasteiger partial charge is 0.343 e. The first-order valence-electron chi connectivity index (χ1n) is 8.18. The molecular formula is C17H20N4O2. The molecule has 2 fully saturated rings. The second-order valence-electron chi connectivity index (χ2n) is 6.36. The summed E-state index contributed by atoms with van der Waals surface area (Å²) in [6.45, 7) is 1.49. The molecule has 1 aliphatic carbocycles. The van der Waals surface area contributed by atoms with Crippen molar-refractivity contribution in [2.45, 2.75) is 37.1 Å². The minimum absolute atomic E-state index is 0.0555. The molecular weight excluding hydrogens is 292 g/mol. The molecule has 0 radical (unpaired) electrons. The maximum atomic E-state index is 12.4. The lowest BCUT2D eigenvalue weighted by atomic mass is 9.96. The number of hydrogen-bond acceptors (Lipinski definition) is 4. The number of aromatic nitrogens is 2. The Morgan fingerprint density at radius 2 is 2.00 bits per heavy atom. The minimum atomic E-state index is 0.0555. The summed E-state index contributed by atoms with van der Waals surface area (Å²) in [7, 11) is 0. The molecule has 2 atom stereocenters. The number of carbonyl (C=O) groups excluding carboxylic acids is 1. The summed E-state index contributed by atoms with van der Waals surface area (Å²) in [5.41, 5.74) is 1.31. The maximum absolute atomic E-state index is 12.4. The van der Waals surface area contributed by atoms with E-state index in [4.69, 9.17) is 4.52 Å². The molecule has 23 heavy (non-hydrogen) atoms. The van der Waals surface area contributed by atoms with Crippen molar-refractivity contribution in [3.05, 3.63) is 48.1 Å². The fraction of sp³-hybridized carbons (Fsp3) is 0.471. The van der Waals surface area contributed by atoms with Gasteiger partial charge in [0.05, 0.1) is 0 Å². The van der Waals surface area contributed by atoms with E-state index in [2.05, 4.69) is 39.7 Å². The second kappa shape index (κ2) is 6.02. The van der Waals surface area contributed by atoms with Crippen LogP contribution in [-0.2, 0) is 0 Å². The third kappa shape index (κ3) is 3.06. The first-order chi connectivity index (χ1) is 11.3. The number of hydrogen-bond donors (Lipinski definition) is 1. The van der Waals surface area contributed by atoms with Crippen molar-refractivity contribution in [2.24, 2.45) is 0 Å². The Hall–Kier alpha value is -2.37. The first kappa shape index (κ1) is 14.2. The van der Waals surface area contributed by atoms with Crippen LogP contribution in [0.4, 0.5) is 4.79 Å². The van der Waals surface area contributed by atoms with Crippen LogP contribution in [0.25, 0.3) is 0 Å². The SMILES string of the molecule is O=C(N[C@@H]1C[C@H]1c1ccccc1)N1CCC(c2ncon2)CC1. The van der Waals surface area contributed by atoms with Crippen LogP contribution >= 0.6 is 0 Å². The molecule has 1 aromatic carbocycles. The van der Waals surface area contributed by atoms with Gasteiger partial charge in [-0.25, -0.2) is 4.79 Å². The quantitative estimate of drug-likeness (QED) is 0.945. The van der Waals surface area contributed by atoms with Crippen molar-refractivity contribution in [1.29, 1.82) is 0 Å². The van der Waals surface area contributed by atoms with Gasteiger partial charge < -0.3 is 14.7 Å². The van der Waals surface area contributed by atoms with Gasteiger partial charge in [0.15, 0.2) is 5.82 Å². The molecule has 2 aromatic rings. The van der Waals surface area contributed by atoms with Gasteiger partial charge in [0.1, 0.15) is 0 Å². The van der Waals surface area contributed by atoms with Crippen LogP contribution in [0, 0.1) is 0 Å². The predicted molar refractivity (Wildman–Crippen MR) is 84.0 cm³/mol. The van der Waals surface area contributed by atoms with E-state index in [0.29, 0.717) is 11.8 Å². The first-order valence-corrected chi connectivity index (χ1v) is 8.18. The molecule has 1 aromatic heterocycles. The van der Waals surface area contributed by atoms with Crippen LogP contribution in [0.5, 0.6) is 0 Å². The monoisotopic (exact) mass is 312 g/mol. The van der Waals surface area contributed by atoms with Crippen LogP contribution in [0.15, 0.2) is 41.2 Å². The number of nitrogens with one attached hydrogen (secondary N) is 1. The van der Waals surface area contributed by atoms with Gasteiger partial charge in [-0.2, -0.15) is 4.98 Å². The van der Waals surface area contributed by atoms with Gasteiger partial charge in [-0.05, 0) is 24.8 Å². The number of carbonyl (C=O) groups is 1. The summed E-state index contributed by atoms with van der Waals surface area (Å²) in [6, 6.07) is 10.7. The lowest BCUT2D eigenvalue weighted by Gasteiger charge is -2.30. The Kier molecular flexibility index (Phi) is 3.73. The molecule has 1 N–H and O–H groups in total. The van der Waals surface area contributed by atoms with Gasteiger partial charge in [-0.1, -0.05) is 35.5 Å². The lowest BCUT2D eigenvalue weighted by Crippen LogP contribution is -2.45. The molecule has 0 unspecified atom stereocenters. The summed E-state index contributed by atoms with van der Waals surface area (Å²) < 4.78 is 4.80. The van der Waals surface area contributed by atoms with Crippen LogP contribution in [-0.4, -0.2) is 40.2 Å². The fourth-order valence-corrected chi connectivity index (χ4v) is 3.37. The molecule has 2 amide bonds. The van der Waals surface area contributed by atoms with Crippen molar-refractivity contribution >= 4 is 6.03 Å². The summed E-state index contributed by atoms with van der Waals surface area (Å²) in [4.78, 5) is 18.4. The molecule has 0 spiro atoms. The number of urea groups is 1. The third-order valence-electron chi connectivity index (χ3n) is 4.85. The zero-order valence-corrected chi connectivity index (χ0v) is 12.9. The van der Waals surface area contributed by atoms with E-state index in [-0.39, 0.29) is 12.1 Å². The van der Waals surface area contributed by atoms with Crippen LogP contribution in [0.3, 0.4) is 0 Å². The summed E-state index contributed by atoms with van der Waals surface area (Å²) in [5, 5.41) is 7.07. The Labute approximate surface area is 134 Å². The van der Waals surface area contributed by atoms with E-state index in [0.717, 1.165) is 38.2 Å². The van der Waals surface area contributed by atoms with Gasteiger partial charge in [-0.15, -0.1) is 0 Å². The Bertz CT molecular complexity index is 650. The minimum Gasteiger partial charge on any atom is -0.343 e. The van der Waals surface area contributed by atoms with Crippen molar-refractivity contribution in [1.82, 2.24) is 20.4 Å². The van der Waals surface area contributed by atoms with Crippen molar-refractivity contribution in [3.63, 3.8) is 0 Å². The average molecular weight is 312 g/mol. The van der Waals surface area contributed by atoms with E-state index in [1.54, 1.807) is 0 Å². The van der Waals surface area contributed by atoms with Crippen LogP contribution < -0.4 is 5.32 Å². The van der Waals surface area contributed by atoms with Gasteiger partial charge in [0, 0.05) is 31.0 Å². The van der Waals surface area contributed by atoms with E-state index in [1.165, 1.54) is 12.0 Å². The van der Waals surface area contributed by atoms with Crippen molar-refractivity contribution < 1.29 is 9.32 Å². The fourth-order valence-electron chi connectivity index (χ4n) is 3.37. The number of amides is 2. The molecule has 2 aliphatic rings. The van der Waals surface area contributed by atoms with Gasteiger partial charge >= 0.3 is 6.03 Å². The summed E-state index contributed by atoms with van der Waals surface area (Å²) in [5.74, 6) is 1.53. The lowest BCUT2D eigenvalue weighted by molar-refractivity contribution is 0.179. The maximum Gasteiger partial charge on any atom is 0.317 e. The highest BCUT2D eigenvalue weighted by atomic mass is 16.5. The second-order valence-corrected chi connectivity index (χ2v) is 6.36. The zero-order chi connectivity index (χ0) is 15.6. The van der Waals surface area contributed by atoms with E-state index in [1.807, 2.05) is 11.0 Å². The number of likely N-dealkylation sites (tertiary alicyclic amines) is 1.